The van der Waals surface area contributed by atoms with Crippen LogP contribution in [-0.4, -0.2) is 110 Å². The van der Waals surface area contributed by atoms with Crippen molar-refractivity contribution in [3.63, 3.8) is 0 Å². The second kappa shape index (κ2) is 13.8. The van der Waals surface area contributed by atoms with Crippen molar-refractivity contribution in [2.75, 3.05) is 59.1 Å². The molecule has 0 bridgehead atoms. The van der Waals surface area contributed by atoms with Crippen molar-refractivity contribution in [2.24, 2.45) is 52.3 Å². The van der Waals surface area contributed by atoms with Crippen molar-refractivity contribution in [1.82, 2.24) is 20.0 Å². The molecule has 8 rings (SSSR count). The number of nitrogens with zero attached hydrogens (tertiary/aromatic N) is 3. The number of hydrogen-bond donors (Lipinski definition) is 1. The lowest BCUT2D eigenvalue weighted by Crippen LogP contribution is -2.56. The van der Waals surface area contributed by atoms with E-state index in [0.717, 1.165) is 82.6 Å². The Morgan fingerprint density at radius 2 is 1.60 bits per heavy atom. The molecule has 1 spiro atoms. The monoisotopic (exact) mass is 699 g/mol. The van der Waals surface area contributed by atoms with Crippen molar-refractivity contribution in [3.8, 4) is 0 Å². The maximum atomic E-state index is 13.2. The van der Waals surface area contributed by atoms with Gasteiger partial charge in [-0.25, -0.2) is 4.39 Å². The lowest BCUT2D eigenvalue weighted by molar-refractivity contribution is -0.273. The van der Waals surface area contributed by atoms with Gasteiger partial charge in [0.25, 0.3) is 0 Å². The average Bonchev–Trinajstić information content (AvgIpc) is 3.56. The van der Waals surface area contributed by atoms with Crippen LogP contribution in [0.2, 0.25) is 0 Å². The number of carbonyl (C=O) groups excluding carboxylic acids is 2. The quantitative estimate of drug-likeness (QED) is 0.349. The number of nitrogens with one attached hydrogen (secondary N) is 1. The minimum absolute atomic E-state index is 0.0264. The smallest absolute Gasteiger partial charge is 0.232 e. The zero-order valence-corrected chi connectivity index (χ0v) is 31.7. The Bertz CT molecular complexity index is 1240. The van der Waals surface area contributed by atoms with Gasteiger partial charge in [0, 0.05) is 57.1 Å². The van der Waals surface area contributed by atoms with Gasteiger partial charge in [0.15, 0.2) is 5.79 Å². The number of amides is 2. The van der Waals surface area contributed by atoms with Gasteiger partial charge in [-0.2, -0.15) is 0 Å². The van der Waals surface area contributed by atoms with E-state index in [1.807, 2.05) is 4.90 Å². The second-order valence-corrected chi connectivity index (χ2v) is 19.1. The Labute approximate surface area is 301 Å². The lowest BCUT2D eigenvalue weighted by Gasteiger charge is -2.61. The maximum Gasteiger partial charge on any atom is 0.232 e. The Morgan fingerprint density at radius 1 is 0.840 bits per heavy atom. The summed E-state index contributed by atoms with van der Waals surface area (Å²) in [4.78, 5) is 33.0. The first-order chi connectivity index (χ1) is 24.0. The standard InChI is InChI=1S/C41H67FN4O4/c1-27-7-14-41(49-26-27)28(2)38-35(50-41)24-34-32-6-5-29-23-30(8-12-39(29,3)33(32)9-13-40(34,38)4)43-36(47)25-37(48)46-21-19-45(20-22-46)31-10-16-44(17-11-31)18-15-42/h27-35,38H,5-26H2,1-4H3,(H,43,47)/t27-,28-,29+,30?,32+,33?,34-,35-,38-,39-,40-,41+/m0/s1. The first-order valence-corrected chi connectivity index (χ1v) is 20.9. The number of alkyl halides is 1. The van der Waals surface area contributed by atoms with E-state index in [0.29, 0.717) is 66.3 Å². The van der Waals surface area contributed by atoms with E-state index in [2.05, 4.69) is 42.8 Å². The van der Waals surface area contributed by atoms with Gasteiger partial charge in [0.2, 0.25) is 11.8 Å². The fraction of sp³-hybridized carbons (Fsp3) is 0.951. The number of hydrogen-bond acceptors (Lipinski definition) is 6. The highest BCUT2D eigenvalue weighted by molar-refractivity contribution is 5.97. The predicted octanol–water partition coefficient (Wildman–Crippen LogP) is 5.89. The van der Waals surface area contributed by atoms with Crippen molar-refractivity contribution < 1.29 is 23.5 Å². The van der Waals surface area contributed by atoms with Gasteiger partial charge in [-0.3, -0.25) is 14.5 Å². The molecule has 4 saturated carbocycles. The molecule has 2 unspecified atom stereocenters. The molecule has 4 aliphatic heterocycles. The molecular weight excluding hydrogens is 631 g/mol. The molecule has 4 saturated heterocycles. The molecule has 4 heterocycles. The molecule has 0 aromatic rings. The molecule has 282 valence electrons. The zero-order chi connectivity index (χ0) is 34.8. The van der Waals surface area contributed by atoms with E-state index in [4.69, 9.17) is 9.47 Å². The number of rotatable bonds is 6. The van der Waals surface area contributed by atoms with E-state index < -0.39 is 0 Å². The number of carbonyl (C=O) groups is 2. The summed E-state index contributed by atoms with van der Waals surface area (Å²) < 4.78 is 26.3. The molecule has 0 radical (unpaired) electrons. The highest BCUT2D eigenvalue weighted by atomic mass is 19.1. The lowest BCUT2D eigenvalue weighted by atomic mass is 9.44. The van der Waals surface area contributed by atoms with Gasteiger partial charge >= 0.3 is 0 Å². The van der Waals surface area contributed by atoms with Crippen molar-refractivity contribution in [1.29, 1.82) is 0 Å². The summed E-state index contributed by atoms with van der Waals surface area (Å²) in [5.74, 6) is 4.23. The van der Waals surface area contributed by atoms with Gasteiger partial charge < -0.3 is 24.6 Å². The van der Waals surface area contributed by atoms with Crippen LogP contribution < -0.4 is 5.32 Å². The summed E-state index contributed by atoms with van der Waals surface area (Å²) >= 11 is 0. The average molecular weight is 699 g/mol. The first kappa shape index (κ1) is 35.7. The van der Waals surface area contributed by atoms with Crippen LogP contribution in [0.4, 0.5) is 4.39 Å². The molecule has 2 amide bonds. The minimum Gasteiger partial charge on any atom is -0.353 e. The number of halogens is 1. The van der Waals surface area contributed by atoms with Crippen LogP contribution >= 0.6 is 0 Å². The largest absolute Gasteiger partial charge is 0.353 e. The summed E-state index contributed by atoms with van der Waals surface area (Å²) in [6.45, 7) is 16.2. The van der Waals surface area contributed by atoms with Crippen LogP contribution in [0.3, 0.4) is 0 Å². The van der Waals surface area contributed by atoms with Crippen LogP contribution in [0.1, 0.15) is 111 Å². The van der Waals surface area contributed by atoms with Gasteiger partial charge in [-0.15, -0.1) is 0 Å². The van der Waals surface area contributed by atoms with E-state index in [1.165, 1.54) is 44.9 Å². The summed E-state index contributed by atoms with van der Waals surface area (Å²) in [5.41, 5.74) is 0.697. The topological polar surface area (TPSA) is 74.3 Å². The van der Waals surface area contributed by atoms with Gasteiger partial charge in [0.1, 0.15) is 13.1 Å². The second-order valence-electron chi connectivity index (χ2n) is 19.1. The molecule has 8 fully saturated rings. The van der Waals surface area contributed by atoms with Crippen molar-refractivity contribution in [3.05, 3.63) is 0 Å². The number of piperidine rings is 1. The fourth-order valence-corrected chi connectivity index (χ4v) is 13.9. The molecule has 8 nitrogen and oxygen atoms in total. The van der Waals surface area contributed by atoms with Crippen LogP contribution in [-0.2, 0) is 19.1 Å². The SMILES string of the molecule is C[C@H]1CC[C@@]2(OC1)O[C@H]1C[C@H]3[C@@H]4CC[C@@H]5CC(NC(=O)CC(=O)N6CCN(C7CCN(CCF)CC7)CC6)CC[C@]5(C)C4CC[C@]3(C)[C@H]1[C@@H]2C. The summed E-state index contributed by atoms with van der Waals surface area (Å²) in [7, 11) is 0. The maximum absolute atomic E-state index is 13.2. The number of fused-ring (bicyclic) bond motifs is 7. The Hall–Kier alpha value is -1.29. The third kappa shape index (κ3) is 6.18. The molecule has 0 aromatic heterocycles. The molecule has 4 aliphatic carbocycles. The van der Waals surface area contributed by atoms with Gasteiger partial charge in [-0.05, 0) is 130 Å². The van der Waals surface area contributed by atoms with Gasteiger partial charge in [0.05, 0.1) is 12.7 Å². The van der Waals surface area contributed by atoms with Crippen molar-refractivity contribution >= 4 is 11.8 Å². The Morgan fingerprint density at radius 3 is 2.32 bits per heavy atom. The van der Waals surface area contributed by atoms with Crippen LogP contribution in [0.15, 0.2) is 0 Å². The third-order valence-electron chi connectivity index (χ3n) is 16.8. The summed E-state index contributed by atoms with van der Waals surface area (Å²) in [6.07, 6.45) is 14.5. The minimum atomic E-state index is -0.338. The molecule has 9 heteroatoms. The molecule has 8 aliphatic rings. The van der Waals surface area contributed by atoms with Crippen molar-refractivity contribution in [2.45, 2.75) is 135 Å². The molecule has 50 heavy (non-hydrogen) atoms. The van der Waals surface area contributed by atoms with E-state index >= 15 is 0 Å². The van der Waals surface area contributed by atoms with E-state index in [9.17, 15) is 14.0 Å². The zero-order valence-electron chi connectivity index (χ0n) is 31.7. The number of ether oxygens (including phenoxy) is 2. The summed E-state index contributed by atoms with van der Waals surface area (Å²) in [6, 6.07) is 0.716. The van der Waals surface area contributed by atoms with Crippen LogP contribution in [0, 0.1) is 52.3 Å². The molecule has 12 atom stereocenters. The fourth-order valence-electron chi connectivity index (χ4n) is 13.9. The van der Waals surface area contributed by atoms with Crippen LogP contribution in [0.5, 0.6) is 0 Å². The number of likely N-dealkylation sites (tertiary alicyclic amines) is 1. The third-order valence-corrected chi connectivity index (χ3v) is 16.8. The molecular formula is C41H67FN4O4. The normalized spacial score (nSPS) is 47.0. The summed E-state index contributed by atoms with van der Waals surface area (Å²) in [5, 5.41) is 3.34. The van der Waals surface area contributed by atoms with Crippen LogP contribution in [0.25, 0.3) is 0 Å². The molecule has 1 N–H and O–H groups in total. The van der Waals surface area contributed by atoms with E-state index in [1.54, 1.807) is 0 Å². The Kier molecular flexibility index (Phi) is 9.89. The highest BCUT2D eigenvalue weighted by Crippen LogP contribution is 2.71. The number of piperazine rings is 1. The Balaban J connectivity index is 0.812. The molecule has 0 aromatic carbocycles. The predicted molar refractivity (Wildman–Crippen MR) is 192 cm³/mol. The van der Waals surface area contributed by atoms with Gasteiger partial charge in [-0.1, -0.05) is 27.7 Å². The van der Waals surface area contributed by atoms with E-state index in [-0.39, 0.29) is 36.7 Å². The first-order valence-electron chi connectivity index (χ1n) is 20.9. The highest BCUT2D eigenvalue weighted by Gasteiger charge is 2.69.